The summed E-state index contributed by atoms with van der Waals surface area (Å²) in [5.41, 5.74) is 7.25. The van der Waals surface area contributed by atoms with Gasteiger partial charge in [0.25, 0.3) is 5.91 Å². The molecule has 4 rings (SSSR count). The summed E-state index contributed by atoms with van der Waals surface area (Å²) in [7, 11) is 1.70. The fourth-order valence-electron chi connectivity index (χ4n) is 5.07. The van der Waals surface area contributed by atoms with Crippen molar-refractivity contribution in [3.05, 3.63) is 58.3 Å². The van der Waals surface area contributed by atoms with Crippen molar-refractivity contribution in [1.29, 1.82) is 0 Å². The second-order valence-electron chi connectivity index (χ2n) is 9.41. The molecule has 0 radical (unpaired) electrons. The molecule has 1 aromatic carbocycles. The predicted molar refractivity (Wildman–Crippen MR) is 135 cm³/mol. The van der Waals surface area contributed by atoms with Crippen LogP contribution in [0.2, 0.25) is 0 Å². The van der Waals surface area contributed by atoms with Crippen LogP contribution in [-0.4, -0.2) is 72.6 Å². The molecular weight excluding hydrogens is 448 g/mol. The van der Waals surface area contributed by atoms with Gasteiger partial charge in [-0.05, 0) is 49.1 Å². The summed E-state index contributed by atoms with van der Waals surface area (Å²) >= 11 is 1.42. The van der Waals surface area contributed by atoms with Gasteiger partial charge in [0.05, 0.1) is 11.5 Å². The van der Waals surface area contributed by atoms with Crippen molar-refractivity contribution >= 4 is 23.2 Å². The van der Waals surface area contributed by atoms with Gasteiger partial charge < -0.3 is 20.7 Å². The maximum absolute atomic E-state index is 13.4. The van der Waals surface area contributed by atoms with Gasteiger partial charge in [-0.1, -0.05) is 36.4 Å². The number of methoxy groups -OCH3 is 1. The Hall–Kier alpha value is -2.26. The van der Waals surface area contributed by atoms with Crippen molar-refractivity contribution in [1.82, 2.24) is 15.1 Å². The maximum atomic E-state index is 13.4. The van der Waals surface area contributed by atoms with E-state index in [0.29, 0.717) is 24.4 Å². The Morgan fingerprint density at radius 1 is 1.15 bits per heavy atom. The van der Waals surface area contributed by atoms with E-state index in [4.69, 9.17) is 10.5 Å². The molecule has 2 fully saturated rings. The SMILES string of the molecule is COCCN(Cc1ccccc1)C1CC(C(=O)NC2CCC(N)CC2)N(C(=O)c2cccs2)C1. The summed E-state index contributed by atoms with van der Waals surface area (Å²) < 4.78 is 5.38. The van der Waals surface area contributed by atoms with Crippen LogP contribution in [0.1, 0.15) is 47.3 Å². The molecule has 8 heteroatoms. The number of nitrogens with two attached hydrogens (primary N) is 1. The smallest absolute Gasteiger partial charge is 0.264 e. The number of benzene rings is 1. The summed E-state index contributed by atoms with van der Waals surface area (Å²) in [4.78, 5) is 31.6. The van der Waals surface area contributed by atoms with E-state index >= 15 is 0 Å². The van der Waals surface area contributed by atoms with Crippen LogP contribution in [0.4, 0.5) is 0 Å². The zero-order valence-corrected chi connectivity index (χ0v) is 20.7. The Kier molecular flexibility index (Phi) is 8.72. The zero-order chi connectivity index (χ0) is 23.9. The molecule has 184 valence electrons. The number of likely N-dealkylation sites (tertiary alicyclic amines) is 1. The third kappa shape index (κ3) is 6.24. The van der Waals surface area contributed by atoms with Gasteiger partial charge in [-0.15, -0.1) is 11.3 Å². The predicted octanol–water partition coefficient (Wildman–Crippen LogP) is 2.87. The van der Waals surface area contributed by atoms with Crippen LogP contribution >= 0.6 is 11.3 Å². The van der Waals surface area contributed by atoms with E-state index in [1.165, 1.54) is 16.9 Å². The summed E-state index contributed by atoms with van der Waals surface area (Å²) in [5.74, 6) is -0.103. The number of carbonyl (C=O) groups is 2. The summed E-state index contributed by atoms with van der Waals surface area (Å²) in [6, 6.07) is 14.0. The Morgan fingerprint density at radius 3 is 2.59 bits per heavy atom. The monoisotopic (exact) mass is 484 g/mol. The highest BCUT2D eigenvalue weighted by Gasteiger charge is 2.42. The molecule has 2 atom stereocenters. The normalized spacial score (nSPS) is 25.0. The van der Waals surface area contributed by atoms with Crippen molar-refractivity contribution in [2.75, 3.05) is 26.8 Å². The fourth-order valence-corrected chi connectivity index (χ4v) is 5.75. The number of amides is 2. The van der Waals surface area contributed by atoms with Crippen LogP contribution < -0.4 is 11.1 Å². The lowest BCUT2D eigenvalue weighted by molar-refractivity contribution is -0.125. The highest BCUT2D eigenvalue weighted by atomic mass is 32.1. The molecule has 1 saturated heterocycles. The lowest BCUT2D eigenvalue weighted by Crippen LogP contribution is -2.50. The number of thiophene rings is 1. The standard InChI is InChI=1S/C26H36N4O3S/c1-33-14-13-29(17-19-6-3-2-4-7-19)22-16-23(25(31)28-21-11-9-20(27)10-12-21)30(18-22)26(32)24-8-5-15-34-24/h2-8,15,20-23H,9-14,16-18,27H2,1H3,(H,28,31). The number of rotatable bonds is 9. The summed E-state index contributed by atoms with van der Waals surface area (Å²) in [6.07, 6.45) is 4.27. The first-order valence-electron chi connectivity index (χ1n) is 12.2. The number of hydrogen-bond acceptors (Lipinski definition) is 6. The van der Waals surface area contributed by atoms with E-state index in [1.54, 1.807) is 12.0 Å². The minimum Gasteiger partial charge on any atom is -0.383 e. The number of nitrogens with zero attached hydrogens (tertiary/aromatic N) is 2. The average Bonchev–Trinajstić information content (AvgIpc) is 3.54. The van der Waals surface area contributed by atoms with Crippen LogP contribution in [0, 0.1) is 0 Å². The van der Waals surface area contributed by atoms with Crippen molar-refractivity contribution in [2.45, 2.75) is 62.8 Å². The molecule has 34 heavy (non-hydrogen) atoms. The molecule has 0 spiro atoms. The van der Waals surface area contributed by atoms with E-state index in [2.05, 4.69) is 22.3 Å². The van der Waals surface area contributed by atoms with E-state index in [9.17, 15) is 9.59 Å². The third-order valence-corrected chi connectivity index (χ3v) is 7.88. The molecule has 2 amide bonds. The molecule has 2 aromatic rings. The van der Waals surface area contributed by atoms with Crippen molar-refractivity contribution in [2.24, 2.45) is 5.73 Å². The van der Waals surface area contributed by atoms with Gasteiger partial charge in [0.2, 0.25) is 5.91 Å². The number of ether oxygens (including phenoxy) is 1. The molecule has 1 aliphatic heterocycles. The quantitative estimate of drug-likeness (QED) is 0.572. The lowest BCUT2D eigenvalue weighted by Gasteiger charge is -2.29. The molecular formula is C26H36N4O3S. The molecule has 3 N–H and O–H groups in total. The maximum Gasteiger partial charge on any atom is 0.264 e. The first kappa shape index (κ1) is 24.9. The van der Waals surface area contributed by atoms with Gasteiger partial charge in [-0.25, -0.2) is 0 Å². The minimum atomic E-state index is -0.476. The van der Waals surface area contributed by atoms with Crippen molar-refractivity contribution in [3.63, 3.8) is 0 Å². The first-order chi connectivity index (χ1) is 16.5. The Balaban J connectivity index is 1.51. The van der Waals surface area contributed by atoms with Crippen LogP contribution in [0.15, 0.2) is 47.8 Å². The van der Waals surface area contributed by atoms with Crippen molar-refractivity contribution in [3.8, 4) is 0 Å². The lowest BCUT2D eigenvalue weighted by atomic mass is 9.91. The van der Waals surface area contributed by atoms with Gasteiger partial charge in [0, 0.05) is 44.9 Å². The van der Waals surface area contributed by atoms with Gasteiger partial charge in [0.1, 0.15) is 6.04 Å². The van der Waals surface area contributed by atoms with E-state index in [0.717, 1.165) is 38.8 Å². The fraction of sp³-hybridized carbons (Fsp3) is 0.538. The molecule has 1 aliphatic carbocycles. The van der Waals surface area contributed by atoms with E-state index in [1.807, 2.05) is 35.7 Å². The second kappa shape index (κ2) is 11.9. The van der Waals surface area contributed by atoms with Crippen molar-refractivity contribution < 1.29 is 14.3 Å². The van der Waals surface area contributed by atoms with E-state index in [-0.39, 0.29) is 29.9 Å². The van der Waals surface area contributed by atoms with E-state index < -0.39 is 6.04 Å². The van der Waals surface area contributed by atoms with Gasteiger partial charge >= 0.3 is 0 Å². The second-order valence-corrected chi connectivity index (χ2v) is 10.4. The van der Waals surface area contributed by atoms with Crippen LogP contribution in [-0.2, 0) is 16.1 Å². The van der Waals surface area contributed by atoms with Gasteiger partial charge in [-0.2, -0.15) is 0 Å². The molecule has 2 aliphatic rings. The molecule has 1 aromatic heterocycles. The Labute approximate surface area is 206 Å². The highest BCUT2D eigenvalue weighted by molar-refractivity contribution is 7.12. The average molecular weight is 485 g/mol. The molecule has 2 heterocycles. The molecule has 2 unspecified atom stereocenters. The van der Waals surface area contributed by atoms with Gasteiger partial charge in [0.15, 0.2) is 0 Å². The minimum absolute atomic E-state index is 0.0423. The largest absolute Gasteiger partial charge is 0.383 e. The molecule has 7 nitrogen and oxygen atoms in total. The van der Waals surface area contributed by atoms with Crippen LogP contribution in [0.25, 0.3) is 0 Å². The summed E-state index contributed by atoms with van der Waals surface area (Å²) in [6.45, 7) is 2.62. The topological polar surface area (TPSA) is 87.9 Å². The third-order valence-electron chi connectivity index (χ3n) is 7.02. The zero-order valence-electron chi connectivity index (χ0n) is 19.9. The molecule has 1 saturated carbocycles. The Morgan fingerprint density at radius 2 is 1.91 bits per heavy atom. The Bertz CT molecular complexity index is 915. The first-order valence-corrected chi connectivity index (χ1v) is 13.1. The van der Waals surface area contributed by atoms with Crippen LogP contribution in [0.5, 0.6) is 0 Å². The number of hydrogen-bond donors (Lipinski definition) is 2. The summed E-state index contributed by atoms with van der Waals surface area (Å²) in [5, 5.41) is 5.14. The number of nitrogens with one attached hydrogen (secondary N) is 1. The molecule has 0 bridgehead atoms. The van der Waals surface area contributed by atoms with Crippen LogP contribution in [0.3, 0.4) is 0 Å². The number of carbonyl (C=O) groups excluding carboxylic acids is 2. The highest BCUT2D eigenvalue weighted by Crippen LogP contribution is 2.28. The van der Waals surface area contributed by atoms with Gasteiger partial charge in [-0.3, -0.25) is 14.5 Å².